The van der Waals surface area contributed by atoms with Gasteiger partial charge < -0.3 is 9.67 Å². The SMILES string of the molecule is CSc1c(C)c(-c2ccc(C(F)(F)F)cc2)c(C(=O)O)n1C. The summed E-state index contributed by atoms with van der Waals surface area (Å²) in [5.41, 5.74) is 0.965. The fourth-order valence-electron chi connectivity index (χ4n) is 2.52. The minimum absolute atomic E-state index is 0.0709. The van der Waals surface area contributed by atoms with Crippen molar-refractivity contribution in [3.8, 4) is 11.1 Å². The Hall–Kier alpha value is -1.89. The van der Waals surface area contributed by atoms with Gasteiger partial charge in [-0.3, -0.25) is 0 Å². The normalized spacial score (nSPS) is 11.7. The van der Waals surface area contributed by atoms with Gasteiger partial charge in [0.05, 0.1) is 10.6 Å². The van der Waals surface area contributed by atoms with Gasteiger partial charge in [0, 0.05) is 12.6 Å². The summed E-state index contributed by atoms with van der Waals surface area (Å²) in [5, 5.41) is 10.2. The van der Waals surface area contributed by atoms with Crippen LogP contribution < -0.4 is 0 Å². The third kappa shape index (κ3) is 2.72. The standard InChI is InChI=1S/C15H14F3NO2S/c1-8-11(12(14(20)21)19(2)13(8)22-3)9-4-6-10(7-5-9)15(16,17)18/h4-7H,1-3H3,(H,20,21). The smallest absolute Gasteiger partial charge is 0.416 e. The van der Waals surface area contributed by atoms with Crippen molar-refractivity contribution in [2.24, 2.45) is 7.05 Å². The molecule has 0 aliphatic carbocycles. The number of thioether (sulfide) groups is 1. The van der Waals surface area contributed by atoms with E-state index in [0.717, 1.165) is 22.7 Å². The zero-order valence-electron chi connectivity index (χ0n) is 12.2. The lowest BCUT2D eigenvalue weighted by atomic mass is 10.0. The summed E-state index contributed by atoms with van der Waals surface area (Å²) in [6.07, 6.45) is -2.59. The first-order chi connectivity index (χ1) is 10.2. The summed E-state index contributed by atoms with van der Waals surface area (Å²) in [6.45, 7) is 1.77. The van der Waals surface area contributed by atoms with Crippen LogP contribution >= 0.6 is 11.8 Å². The number of rotatable bonds is 3. The molecule has 0 aliphatic heterocycles. The molecule has 0 saturated carbocycles. The van der Waals surface area contributed by atoms with Crippen LogP contribution in [0, 0.1) is 6.92 Å². The molecule has 1 N–H and O–H groups in total. The molecule has 0 unspecified atom stereocenters. The number of halogens is 3. The largest absolute Gasteiger partial charge is 0.477 e. The van der Waals surface area contributed by atoms with Gasteiger partial charge in [-0.2, -0.15) is 13.2 Å². The van der Waals surface area contributed by atoms with Gasteiger partial charge in [0.15, 0.2) is 0 Å². The third-order valence-corrected chi connectivity index (χ3v) is 4.44. The first-order valence-electron chi connectivity index (χ1n) is 6.32. The highest BCUT2D eigenvalue weighted by molar-refractivity contribution is 7.98. The minimum Gasteiger partial charge on any atom is -0.477 e. The third-order valence-electron chi connectivity index (χ3n) is 3.47. The summed E-state index contributed by atoms with van der Waals surface area (Å²) >= 11 is 1.40. The van der Waals surface area contributed by atoms with Crippen LogP contribution in [0.2, 0.25) is 0 Å². The Morgan fingerprint density at radius 3 is 2.18 bits per heavy atom. The highest BCUT2D eigenvalue weighted by atomic mass is 32.2. The second-order valence-electron chi connectivity index (χ2n) is 4.80. The number of carboxylic acid groups (broad SMARTS) is 1. The van der Waals surface area contributed by atoms with Crippen LogP contribution in [0.4, 0.5) is 13.2 Å². The predicted octanol–water partition coefficient (Wildman–Crippen LogP) is 4.44. The molecule has 0 fully saturated rings. The molecule has 0 amide bonds. The summed E-state index contributed by atoms with van der Waals surface area (Å²) in [7, 11) is 1.63. The number of hydrogen-bond donors (Lipinski definition) is 1. The highest BCUT2D eigenvalue weighted by Gasteiger charge is 2.30. The number of aromatic nitrogens is 1. The molecule has 0 radical (unpaired) electrons. The zero-order chi connectivity index (χ0) is 16.7. The molecule has 0 bridgehead atoms. The van der Waals surface area contributed by atoms with E-state index in [0.29, 0.717) is 11.1 Å². The van der Waals surface area contributed by atoms with E-state index in [4.69, 9.17) is 0 Å². The van der Waals surface area contributed by atoms with E-state index in [-0.39, 0.29) is 5.69 Å². The number of hydrogen-bond acceptors (Lipinski definition) is 2. The number of alkyl halides is 3. The Balaban J connectivity index is 2.64. The Labute approximate surface area is 129 Å². The molecular formula is C15H14F3NO2S. The fourth-order valence-corrected chi connectivity index (χ4v) is 3.30. The van der Waals surface area contributed by atoms with Crippen LogP contribution in [-0.2, 0) is 13.2 Å². The van der Waals surface area contributed by atoms with Crippen LogP contribution in [0.3, 0.4) is 0 Å². The molecule has 1 aromatic carbocycles. The Bertz CT molecular complexity index is 718. The molecule has 3 nitrogen and oxygen atoms in total. The van der Waals surface area contributed by atoms with Crippen molar-refractivity contribution in [1.82, 2.24) is 4.57 Å². The number of nitrogens with zero attached hydrogens (tertiary/aromatic N) is 1. The van der Waals surface area contributed by atoms with E-state index in [1.807, 2.05) is 6.26 Å². The lowest BCUT2D eigenvalue weighted by molar-refractivity contribution is -0.137. The first kappa shape index (κ1) is 16.5. The number of carboxylic acids is 1. The lowest BCUT2D eigenvalue weighted by Crippen LogP contribution is -2.07. The maximum Gasteiger partial charge on any atom is 0.416 e. The van der Waals surface area contributed by atoms with Crippen LogP contribution in [0.25, 0.3) is 11.1 Å². The van der Waals surface area contributed by atoms with Crippen molar-refractivity contribution >= 4 is 17.7 Å². The van der Waals surface area contributed by atoms with Gasteiger partial charge in [0.25, 0.3) is 0 Å². The maximum atomic E-state index is 12.6. The molecule has 0 spiro atoms. The van der Waals surface area contributed by atoms with E-state index in [9.17, 15) is 23.1 Å². The average Bonchev–Trinajstić information content (AvgIpc) is 2.69. The second-order valence-corrected chi connectivity index (χ2v) is 5.59. The lowest BCUT2D eigenvalue weighted by Gasteiger charge is -2.08. The topological polar surface area (TPSA) is 42.2 Å². The van der Waals surface area contributed by atoms with Gasteiger partial charge in [-0.1, -0.05) is 12.1 Å². The van der Waals surface area contributed by atoms with Gasteiger partial charge in [0.1, 0.15) is 5.69 Å². The summed E-state index contributed by atoms with van der Waals surface area (Å²) in [5.74, 6) is -1.11. The van der Waals surface area contributed by atoms with Gasteiger partial charge in [-0.15, -0.1) is 11.8 Å². The minimum atomic E-state index is -4.41. The molecule has 7 heteroatoms. The molecule has 1 aromatic heterocycles. The molecule has 1 heterocycles. The van der Waals surface area contributed by atoms with E-state index in [1.54, 1.807) is 18.5 Å². The molecule has 22 heavy (non-hydrogen) atoms. The zero-order valence-corrected chi connectivity index (χ0v) is 13.0. The number of benzene rings is 1. The molecule has 0 saturated heterocycles. The summed E-state index contributed by atoms with van der Waals surface area (Å²) < 4.78 is 39.4. The van der Waals surface area contributed by atoms with Crippen molar-refractivity contribution < 1.29 is 23.1 Å². The van der Waals surface area contributed by atoms with E-state index < -0.39 is 17.7 Å². The van der Waals surface area contributed by atoms with E-state index in [1.165, 1.54) is 23.9 Å². The Morgan fingerprint density at radius 2 is 1.77 bits per heavy atom. The molecule has 0 atom stereocenters. The molecule has 0 aliphatic rings. The summed E-state index contributed by atoms with van der Waals surface area (Å²) in [4.78, 5) is 11.5. The number of carbonyl (C=O) groups is 1. The van der Waals surface area contributed by atoms with Crippen LogP contribution in [0.1, 0.15) is 21.6 Å². The molecule has 2 rings (SSSR count). The quantitative estimate of drug-likeness (QED) is 0.847. The van der Waals surface area contributed by atoms with Crippen LogP contribution in [-0.4, -0.2) is 21.9 Å². The van der Waals surface area contributed by atoms with E-state index in [2.05, 4.69) is 0 Å². The van der Waals surface area contributed by atoms with Gasteiger partial charge >= 0.3 is 12.1 Å². The maximum absolute atomic E-state index is 12.6. The monoisotopic (exact) mass is 329 g/mol. The van der Waals surface area contributed by atoms with Crippen LogP contribution in [0.5, 0.6) is 0 Å². The van der Waals surface area contributed by atoms with Gasteiger partial charge in [-0.25, -0.2) is 4.79 Å². The molecule has 118 valence electrons. The van der Waals surface area contributed by atoms with Crippen molar-refractivity contribution in [3.63, 3.8) is 0 Å². The van der Waals surface area contributed by atoms with Gasteiger partial charge in [-0.05, 0) is 36.4 Å². The summed E-state index contributed by atoms with van der Waals surface area (Å²) in [6, 6.07) is 4.54. The predicted molar refractivity (Wildman–Crippen MR) is 79.3 cm³/mol. The number of aromatic carboxylic acids is 1. The van der Waals surface area contributed by atoms with Crippen molar-refractivity contribution in [2.75, 3.05) is 6.26 Å². The highest BCUT2D eigenvalue weighted by Crippen LogP contribution is 2.37. The second kappa shape index (κ2) is 5.72. The fraction of sp³-hybridized carbons (Fsp3) is 0.267. The molecule has 2 aromatic rings. The molecular weight excluding hydrogens is 315 g/mol. The Morgan fingerprint density at radius 1 is 1.23 bits per heavy atom. The first-order valence-corrected chi connectivity index (χ1v) is 7.55. The van der Waals surface area contributed by atoms with Crippen molar-refractivity contribution in [1.29, 1.82) is 0 Å². The van der Waals surface area contributed by atoms with Crippen molar-refractivity contribution in [3.05, 3.63) is 41.1 Å². The Kier molecular flexibility index (Phi) is 4.28. The van der Waals surface area contributed by atoms with Crippen LogP contribution in [0.15, 0.2) is 29.3 Å². The van der Waals surface area contributed by atoms with Crippen molar-refractivity contribution in [2.45, 2.75) is 18.1 Å². The van der Waals surface area contributed by atoms with E-state index >= 15 is 0 Å². The average molecular weight is 329 g/mol. The van der Waals surface area contributed by atoms with Gasteiger partial charge in [0.2, 0.25) is 0 Å².